The lowest BCUT2D eigenvalue weighted by Gasteiger charge is -2.11. The monoisotopic (exact) mass is 429 g/mol. The summed E-state index contributed by atoms with van der Waals surface area (Å²) < 4.78 is 7.65. The number of methoxy groups -OCH3 is 1. The van der Waals surface area contributed by atoms with Gasteiger partial charge in [0.1, 0.15) is 17.5 Å². The molecular formula is C19H13Cl2N5O3. The zero-order chi connectivity index (χ0) is 20.5. The molecule has 146 valence electrons. The number of halogens is 2. The minimum absolute atomic E-state index is 0.182. The second-order valence-corrected chi connectivity index (χ2v) is 6.85. The van der Waals surface area contributed by atoms with Crippen LogP contribution in [0.5, 0.6) is 5.75 Å². The van der Waals surface area contributed by atoms with Crippen LogP contribution in [0.1, 0.15) is 10.4 Å². The Labute approximate surface area is 174 Å². The van der Waals surface area contributed by atoms with Crippen molar-refractivity contribution >= 4 is 40.1 Å². The van der Waals surface area contributed by atoms with E-state index in [1.54, 1.807) is 36.4 Å². The van der Waals surface area contributed by atoms with E-state index in [9.17, 15) is 9.59 Å². The molecule has 2 aromatic carbocycles. The number of nitrogens with one attached hydrogen (secondary N) is 1. The molecule has 1 amide bonds. The summed E-state index contributed by atoms with van der Waals surface area (Å²) in [5, 5.41) is 5.34. The summed E-state index contributed by atoms with van der Waals surface area (Å²) in [6.07, 6.45) is 2.59. The highest BCUT2D eigenvalue weighted by molar-refractivity contribution is 6.31. The zero-order valence-electron chi connectivity index (χ0n) is 15.0. The molecule has 0 aliphatic carbocycles. The van der Waals surface area contributed by atoms with Gasteiger partial charge in [0, 0.05) is 10.0 Å². The van der Waals surface area contributed by atoms with Crippen LogP contribution in [0.3, 0.4) is 0 Å². The van der Waals surface area contributed by atoms with E-state index in [4.69, 9.17) is 27.9 Å². The molecule has 0 radical (unpaired) electrons. The van der Waals surface area contributed by atoms with Crippen molar-refractivity contribution in [3.8, 4) is 11.4 Å². The van der Waals surface area contributed by atoms with Crippen LogP contribution in [0, 0.1) is 0 Å². The molecule has 10 heteroatoms. The predicted molar refractivity (Wildman–Crippen MR) is 110 cm³/mol. The van der Waals surface area contributed by atoms with Crippen molar-refractivity contribution in [2.75, 3.05) is 12.5 Å². The second kappa shape index (κ2) is 7.57. The maximum atomic E-state index is 12.8. The largest absolute Gasteiger partial charge is 0.496 e. The first kappa shape index (κ1) is 19.0. The number of hydrogen-bond donors (Lipinski definition) is 1. The standard InChI is InChI=1S/C19H13Cl2N5O3/c1-29-16-6-5-12(21)8-14(16)18(27)24-25-10-22-17-15(19(25)28)9-23-26(17)13-4-2-3-11(20)7-13/h2-10H,1H3,(H,24,27). The van der Waals surface area contributed by atoms with E-state index < -0.39 is 11.5 Å². The minimum atomic E-state index is -0.574. The van der Waals surface area contributed by atoms with E-state index in [2.05, 4.69) is 15.5 Å². The van der Waals surface area contributed by atoms with Gasteiger partial charge in [-0.25, -0.2) is 14.3 Å². The van der Waals surface area contributed by atoms with Crippen molar-refractivity contribution in [3.63, 3.8) is 0 Å². The number of benzene rings is 2. The van der Waals surface area contributed by atoms with Crippen molar-refractivity contribution in [1.82, 2.24) is 19.4 Å². The Hall–Kier alpha value is -3.36. The van der Waals surface area contributed by atoms with Crippen molar-refractivity contribution < 1.29 is 9.53 Å². The van der Waals surface area contributed by atoms with Gasteiger partial charge in [-0.3, -0.25) is 15.0 Å². The van der Waals surface area contributed by atoms with E-state index in [1.807, 2.05) is 0 Å². The maximum Gasteiger partial charge on any atom is 0.283 e. The Balaban J connectivity index is 1.72. The molecule has 8 nitrogen and oxygen atoms in total. The van der Waals surface area contributed by atoms with Gasteiger partial charge in [0.15, 0.2) is 5.65 Å². The molecule has 1 N–H and O–H groups in total. The average Bonchev–Trinajstić information content (AvgIpc) is 3.15. The topological polar surface area (TPSA) is 91.0 Å². The average molecular weight is 430 g/mol. The number of aromatic nitrogens is 4. The number of fused-ring (bicyclic) bond motifs is 1. The molecule has 0 fully saturated rings. The molecule has 0 atom stereocenters. The molecule has 4 aromatic rings. The fraction of sp³-hybridized carbons (Fsp3) is 0.0526. The van der Waals surface area contributed by atoms with Gasteiger partial charge in [-0.15, -0.1) is 0 Å². The van der Waals surface area contributed by atoms with Crippen LogP contribution in [0.15, 0.2) is 59.8 Å². The highest BCUT2D eigenvalue weighted by atomic mass is 35.5. The van der Waals surface area contributed by atoms with E-state index in [0.717, 1.165) is 4.68 Å². The second-order valence-electron chi connectivity index (χ2n) is 5.98. The third-order valence-electron chi connectivity index (χ3n) is 4.17. The lowest BCUT2D eigenvalue weighted by atomic mass is 10.2. The van der Waals surface area contributed by atoms with Crippen molar-refractivity contribution in [3.05, 3.63) is 81.0 Å². The highest BCUT2D eigenvalue weighted by Crippen LogP contribution is 2.23. The molecular weight excluding hydrogens is 417 g/mol. The number of rotatable bonds is 4. The summed E-state index contributed by atoms with van der Waals surface area (Å²) in [4.78, 5) is 29.7. The van der Waals surface area contributed by atoms with Gasteiger partial charge in [0.25, 0.3) is 11.5 Å². The van der Waals surface area contributed by atoms with Crippen molar-refractivity contribution in [1.29, 1.82) is 0 Å². The molecule has 0 unspecified atom stereocenters. The first-order chi connectivity index (χ1) is 14.0. The molecule has 0 spiro atoms. The fourth-order valence-electron chi connectivity index (χ4n) is 2.82. The molecule has 4 rings (SSSR count). The predicted octanol–water partition coefficient (Wildman–Crippen LogP) is 3.28. The number of ether oxygens (including phenoxy) is 1. The Kier molecular flexibility index (Phi) is 4.96. The summed E-state index contributed by atoms with van der Waals surface area (Å²) in [5.74, 6) is -0.252. The van der Waals surface area contributed by atoms with Crippen LogP contribution >= 0.6 is 23.2 Å². The zero-order valence-corrected chi connectivity index (χ0v) is 16.5. The van der Waals surface area contributed by atoms with Gasteiger partial charge < -0.3 is 4.74 Å². The molecule has 29 heavy (non-hydrogen) atoms. The van der Waals surface area contributed by atoms with Gasteiger partial charge in [0.2, 0.25) is 0 Å². The molecule has 0 aliphatic heterocycles. The Morgan fingerprint density at radius 2 is 1.93 bits per heavy atom. The lowest BCUT2D eigenvalue weighted by Crippen LogP contribution is -2.33. The van der Waals surface area contributed by atoms with Gasteiger partial charge in [-0.1, -0.05) is 29.3 Å². The molecule has 2 aromatic heterocycles. The molecule has 2 heterocycles. The summed E-state index contributed by atoms with van der Waals surface area (Å²) in [7, 11) is 1.43. The summed E-state index contributed by atoms with van der Waals surface area (Å²) in [6.45, 7) is 0. The van der Waals surface area contributed by atoms with E-state index in [-0.39, 0.29) is 10.9 Å². The van der Waals surface area contributed by atoms with Gasteiger partial charge >= 0.3 is 0 Å². The van der Waals surface area contributed by atoms with E-state index in [0.29, 0.717) is 27.1 Å². The number of nitrogens with zero attached hydrogens (tertiary/aromatic N) is 4. The van der Waals surface area contributed by atoms with E-state index >= 15 is 0 Å². The van der Waals surface area contributed by atoms with Crippen LogP contribution in [-0.2, 0) is 0 Å². The molecule has 0 saturated carbocycles. The summed E-state index contributed by atoms with van der Waals surface area (Å²) in [5.41, 5.74) is 3.17. The van der Waals surface area contributed by atoms with Crippen LogP contribution in [0.4, 0.5) is 0 Å². The molecule has 0 saturated heterocycles. The third kappa shape index (κ3) is 3.55. The van der Waals surface area contributed by atoms with Crippen LogP contribution in [-0.4, -0.2) is 32.5 Å². The smallest absolute Gasteiger partial charge is 0.283 e. The normalized spacial score (nSPS) is 10.9. The van der Waals surface area contributed by atoms with Gasteiger partial charge in [-0.2, -0.15) is 5.10 Å². The van der Waals surface area contributed by atoms with Crippen LogP contribution in [0.2, 0.25) is 10.0 Å². The number of amides is 1. The highest BCUT2D eigenvalue weighted by Gasteiger charge is 2.16. The lowest BCUT2D eigenvalue weighted by molar-refractivity contribution is 0.100. The van der Waals surface area contributed by atoms with Gasteiger partial charge in [-0.05, 0) is 36.4 Å². The third-order valence-corrected chi connectivity index (χ3v) is 4.64. The SMILES string of the molecule is COc1ccc(Cl)cc1C(=O)Nn1cnc2c(cnn2-c2cccc(Cl)c2)c1=O. The first-order valence-corrected chi connectivity index (χ1v) is 9.10. The summed E-state index contributed by atoms with van der Waals surface area (Å²) in [6, 6.07) is 11.6. The van der Waals surface area contributed by atoms with Crippen LogP contribution in [0.25, 0.3) is 16.7 Å². The molecule has 0 bridgehead atoms. The fourth-order valence-corrected chi connectivity index (χ4v) is 3.17. The Bertz CT molecular complexity index is 1300. The number of carbonyl (C=O) groups is 1. The Morgan fingerprint density at radius 1 is 1.14 bits per heavy atom. The van der Waals surface area contributed by atoms with E-state index in [1.165, 1.54) is 30.4 Å². The Morgan fingerprint density at radius 3 is 2.69 bits per heavy atom. The number of carbonyl (C=O) groups excluding carboxylic acids is 1. The molecule has 0 aliphatic rings. The van der Waals surface area contributed by atoms with Crippen molar-refractivity contribution in [2.24, 2.45) is 0 Å². The van der Waals surface area contributed by atoms with Crippen molar-refractivity contribution in [2.45, 2.75) is 0 Å². The maximum absolute atomic E-state index is 12.8. The summed E-state index contributed by atoms with van der Waals surface area (Å²) >= 11 is 12.0. The number of hydrogen-bond acceptors (Lipinski definition) is 5. The first-order valence-electron chi connectivity index (χ1n) is 8.34. The van der Waals surface area contributed by atoms with Gasteiger partial charge in [0.05, 0.1) is 24.6 Å². The quantitative estimate of drug-likeness (QED) is 0.537. The van der Waals surface area contributed by atoms with Crippen LogP contribution < -0.4 is 15.7 Å². The minimum Gasteiger partial charge on any atom is -0.496 e.